The van der Waals surface area contributed by atoms with Crippen LogP contribution in [0.4, 0.5) is 11.4 Å². The maximum atomic E-state index is 11.9. The van der Waals surface area contributed by atoms with Gasteiger partial charge in [0.15, 0.2) is 0 Å². The largest absolute Gasteiger partial charge is 0.370 e. The van der Waals surface area contributed by atoms with Crippen LogP contribution in [-0.4, -0.2) is 85.0 Å². The smallest absolute Gasteiger partial charge is 0.332 e. The van der Waals surface area contributed by atoms with Gasteiger partial charge in [-0.05, 0) is 101 Å². The third kappa shape index (κ3) is 38.2. The molecule has 0 aromatic heterocycles. The van der Waals surface area contributed by atoms with Crippen molar-refractivity contribution < 1.29 is 43.2 Å². The second-order valence-corrected chi connectivity index (χ2v) is 17.5. The lowest BCUT2D eigenvalue weighted by Gasteiger charge is -2.19. The molecule has 2 aromatic carbocycles. The minimum atomic E-state index is -0.444. The number of carbonyl (C=O) groups is 8. The van der Waals surface area contributed by atoms with Crippen LogP contribution in [0.5, 0.6) is 0 Å². The number of benzene rings is 2. The number of aryl methyl sites for hydroxylation is 1. The van der Waals surface area contributed by atoms with Crippen molar-refractivity contribution in [2.45, 2.75) is 177 Å². The van der Waals surface area contributed by atoms with Crippen LogP contribution in [0.25, 0.3) is 0 Å². The standard InChI is InChI=1S/C16H25N3O2.C15H23NO.C13H19NO3.C5H8N2O2.C3H9N.C2H5NO.C2H6/c1-5-12-6-8-13(9-7-12)19-14(20)10-18-16(21)15(17-4)11(2)3;1-3-4-5-7-10-13(2)15(17)16-14-11-8-6-9-12-14;1-11-8-9-12(2)14(11)17-13(16)7-5-3-4-6-10-15;6-5(9)3-1-2-4(8)7-3;1-2-3-4;1-2(3)4;1-2/h6-9,11,15,17H,5,10H2,1-4H3,(H,18,21)(H,19,20);6,8-9,11-13H,3-5,7,10H2,1-2H3,(H,16,17);10H,1-9H2;3H,1-2H2,(H2,6,9)(H,7,8);2-4H2,1H3;1H3,(H2,3,4);1-2H3. The molecule has 18 nitrogen and oxygen atoms in total. The third-order valence-electron chi connectivity index (χ3n) is 10.6. The van der Waals surface area contributed by atoms with Crippen LogP contribution in [0.1, 0.15) is 164 Å². The number of carbonyl (C=O) groups excluding carboxylic acids is 8. The fourth-order valence-electron chi connectivity index (χ4n) is 6.36. The predicted molar refractivity (Wildman–Crippen MR) is 299 cm³/mol. The van der Waals surface area contributed by atoms with Gasteiger partial charge in [-0.15, -0.1) is 0 Å². The van der Waals surface area contributed by atoms with Crippen LogP contribution in [0.3, 0.4) is 0 Å². The Morgan fingerprint density at radius 2 is 1.35 bits per heavy atom. The monoisotopic (exact) mass is 1040 g/mol. The summed E-state index contributed by atoms with van der Waals surface area (Å²) in [6.07, 6.45) is 14.8. The molecule has 2 aliphatic heterocycles. The molecule has 0 aliphatic carbocycles. The minimum absolute atomic E-state index is 0.0285. The molecular formula is C56H95N9O9. The SMILES string of the molecule is C=C1CCC(=C)N1OC(=O)CCCCCC=O.CC.CC(N)=O.CCCCCCC(C)C(=O)Nc1ccccc1.CCCN.CCc1ccc(NC(=O)CNC(=O)C(NC)C(C)C)cc1.NC(=O)C1CCC(=O)N1. The predicted octanol–water partition coefficient (Wildman–Crippen LogP) is 8.12. The number of nitrogens with zero attached hydrogens (tertiary/aromatic N) is 1. The molecule has 11 N–H and O–H groups in total. The van der Waals surface area contributed by atoms with Gasteiger partial charge < -0.3 is 53.4 Å². The molecule has 2 aromatic rings. The Hall–Kier alpha value is -6.40. The summed E-state index contributed by atoms with van der Waals surface area (Å²) < 4.78 is 0. The fraction of sp³-hybridized carbons (Fsp3) is 0.571. The zero-order valence-corrected chi connectivity index (χ0v) is 46.6. The normalized spacial score (nSPS) is 13.6. The number of hydroxylamine groups is 2. The second-order valence-electron chi connectivity index (χ2n) is 17.5. The first-order valence-electron chi connectivity index (χ1n) is 26.3. The number of aldehydes is 1. The Labute approximate surface area is 443 Å². The van der Waals surface area contributed by atoms with Gasteiger partial charge in [-0.25, -0.2) is 4.79 Å². The number of rotatable bonds is 23. The van der Waals surface area contributed by atoms with Gasteiger partial charge in [0.2, 0.25) is 35.4 Å². The summed E-state index contributed by atoms with van der Waals surface area (Å²) in [6.45, 7) is 26.0. The molecule has 3 atom stereocenters. The maximum absolute atomic E-state index is 11.9. The van der Waals surface area contributed by atoms with Crippen LogP contribution >= 0.6 is 0 Å². The van der Waals surface area contributed by atoms with E-state index in [1.807, 2.05) is 89.2 Å². The lowest BCUT2D eigenvalue weighted by molar-refractivity contribution is -0.172. The molecule has 2 saturated heterocycles. The van der Waals surface area contributed by atoms with E-state index in [-0.39, 0.29) is 59.9 Å². The van der Waals surface area contributed by atoms with Gasteiger partial charge in [-0.3, -0.25) is 28.8 Å². The number of nitrogens with two attached hydrogens (primary N) is 3. The van der Waals surface area contributed by atoms with E-state index in [0.717, 1.165) is 93.4 Å². The highest BCUT2D eigenvalue weighted by Gasteiger charge is 2.25. The number of anilines is 2. The number of amides is 6. The van der Waals surface area contributed by atoms with Crippen molar-refractivity contribution in [2.75, 3.05) is 30.8 Å². The number of hydrogen-bond donors (Lipinski definition) is 8. The van der Waals surface area contributed by atoms with E-state index in [4.69, 9.17) is 16.3 Å². The van der Waals surface area contributed by atoms with Gasteiger partial charge in [0.05, 0.1) is 24.0 Å². The summed E-state index contributed by atoms with van der Waals surface area (Å²) in [5.41, 5.74) is 18.8. The Bertz CT molecular complexity index is 1890. The first kappa shape index (κ1) is 71.9. The van der Waals surface area contributed by atoms with Crippen molar-refractivity contribution in [1.29, 1.82) is 0 Å². The van der Waals surface area contributed by atoms with Crippen LogP contribution in [0.2, 0.25) is 0 Å². The second kappa shape index (κ2) is 46.4. The molecule has 0 spiro atoms. The highest BCUT2D eigenvalue weighted by molar-refractivity contribution is 5.95. The van der Waals surface area contributed by atoms with Crippen molar-refractivity contribution in [3.05, 3.63) is 84.7 Å². The van der Waals surface area contributed by atoms with Gasteiger partial charge in [0.1, 0.15) is 12.3 Å². The minimum Gasteiger partial charge on any atom is -0.370 e. The maximum Gasteiger partial charge on any atom is 0.332 e. The summed E-state index contributed by atoms with van der Waals surface area (Å²) in [7, 11) is 1.74. The van der Waals surface area contributed by atoms with Crippen LogP contribution < -0.4 is 43.8 Å². The number of unbranched alkanes of at least 4 members (excludes halogenated alkanes) is 6. The van der Waals surface area contributed by atoms with Gasteiger partial charge >= 0.3 is 5.97 Å². The molecular weight excluding hydrogens is 943 g/mol. The van der Waals surface area contributed by atoms with Crippen molar-refractivity contribution in [1.82, 2.24) is 21.0 Å². The summed E-state index contributed by atoms with van der Waals surface area (Å²) >= 11 is 0. The van der Waals surface area contributed by atoms with Crippen LogP contribution in [-0.2, 0) is 49.6 Å². The number of allylic oxidation sites excluding steroid dienone is 2. The van der Waals surface area contributed by atoms with E-state index in [1.54, 1.807) is 7.05 Å². The first-order chi connectivity index (χ1) is 35.2. The van der Waals surface area contributed by atoms with Gasteiger partial charge in [0.25, 0.3) is 0 Å². The molecule has 3 unspecified atom stereocenters. The molecule has 18 heteroatoms. The van der Waals surface area contributed by atoms with E-state index in [0.29, 0.717) is 25.7 Å². The third-order valence-corrected chi connectivity index (χ3v) is 10.6. The Kier molecular flexibility index (Phi) is 45.0. The quantitative estimate of drug-likeness (QED) is 0.0387. The molecule has 2 heterocycles. The molecule has 0 radical (unpaired) electrons. The lowest BCUT2D eigenvalue weighted by Crippen LogP contribution is -2.47. The average Bonchev–Trinajstić information content (AvgIpc) is 3.96. The topological polar surface area (TPSA) is 287 Å². The lowest BCUT2D eigenvalue weighted by atomic mass is 10.0. The van der Waals surface area contributed by atoms with Gasteiger partial charge in [0, 0.05) is 43.5 Å². The van der Waals surface area contributed by atoms with Crippen LogP contribution in [0.15, 0.2) is 79.1 Å². The first-order valence-corrected chi connectivity index (χ1v) is 26.3. The number of para-hydroxylation sites is 1. The molecule has 6 amide bonds. The summed E-state index contributed by atoms with van der Waals surface area (Å²) in [5, 5.41) is 15.2. The van der Waals surface area contributed by atoms with Gasteiger partial charge in [-0.2, -0.15) is 5.06 Å². The highest BCUT2D eigenvalue weighted by Crippen LogP contribution is 2.28. The Morgan fingerprint density at radius 1 is 0.797 bits per heavy atom. The zero-order chi connectivity index (χ0) is 56.9. The molecule has 2 fully saturated rings. The van der Waals surface area contributed by atoms with Gasteiger partial charge in [-0.1, -0.05) is 131 Å². The van der Waals surface area contributed by atoms with E-state index in [2.05, 4.69) is 66.2 Å². The van der Waals surface area contributed by atoms with Crippen LogP contribution in [0, 0.1) is 11.8 Å². The molecule has 0 saturated carbocycles. The molecule has 418 valence electrons. The highest BCUT2D eigenvalue weighted by atomic mass is 16.7. The van der Waals surface area contributed by atoms with E-state index in [9.17, 15) is 38.4 Å². The zero-order valence-electron chi connectivity index (χ0n) is 46.6. The number of nitrogens with one attached hydrogen (secondary N) is 5. The summed E-state index contributed by atoms with van der Waals surface area (Å²) in [5.74, 6) is -1.12. The van der Waals surface area contributed by atoms with Crippen molar-refractivity contribution in [2.24, 2.45) is 29.0 Å². The van der Waals surface area contributed by atoms with E-state index >= 15 is 0 Å². The summed E-state index contributed by atoms with van der Waals surface area (Å²) in [6, 6.07) is 16.6. The Balaban J connectivity index is -0.000000874. The molecule has 2 aliphatic rings. The molecule has 4 rings (SSSR count). The number of hydrogen-bond acceptors (Lipinski definition) is 12. The number of likely N-dealkylation sites (N-methyl/N-ethyl adjacent to an activating group) is 1. The average molecular weight is 1040 g/mol. The van der Waals surface area contributed by atoms with Crippen molar-refractivity contribution >= 4 is 59.1 Å². The van der Waals surface area contributed by atoms with Crippen molar-refractivity contribution in [3.8, 4) is 0 Å². The number of primary amides is 2. The fourth-order valence-corrected chi connectivity index (χ4v) is 6.36. The molecule has 74 heavy (non-hydrogen) atoms. The van der Waals surface area contributed by atoms with E-state index < -0.39 is 11.9 Å². The van der Waals surface area contributed by atoms with E-state index in [1.165, 1.54) is 36.8 Å². The molecule has 0 bridgehead atoms. The van der Waals surface area contributed by atoms with Crippen molar-refractivity contribution in [3.63, 3.8) is 0 Å². The summed E-state index contributed by atoms with van der Waals surface area (Å²) in [4.78, 5) is 92.4. The Morgan fingerprint density at radius 3 is 1.80 bits per heavy atom.